The van der Waals surface area contributed by atoms with E-state index in [1.165, 1.54) is 10.8 Å². The zero-order valence-corrected chi connectivity index (χ0v) is 15.1. The Labute approximate surface area is 163 Å². The smallest absolute Gasteiger partial charge is 0.519 e. The second-order valence-corrected chi connectivity index (χ2v) is 7.07. The van der Waals surface area contributed by atoms with Gasteiger partial charge >= 0.3 is 14.1 Å². The Morgan fingerprint density at radius 2 is 1.14 bits per heavy atom. The zero-order chi connectivity index (χ0) is 18.5. The molecule has 6 heteroatoms. The molecule has 28 heavy (non-hydrogen) atoms. The number of nitrogens with one attached hydrogen (secondary N) is 2. The first kappa shape index (κ1) is 15.5. The van der Waals surface area contributed by atoms with Crippen molar-refractivity contribution in [3.63, 3.8) is 0 Å². The highest BCUT2D eigenvalue weighted by Crippen LogP contribution is 2.34. The Morgan fingerprint density at radius 3 is 1.79 bits per heavy atom. The maximum atomic E-state index is 6.07. The summed E-state index contributed by atoms with van der Waals surface area (Å²) in [5.74, 6) is 1.56. The minimum Gasteiger partial charge on any atom is -0.519 e. The van der Waals surface area contributed by atoms with Gasteiger partial charge in [-0.1, -0.05) is 60.7 Å². The van der Waals surface area contributed by atoms with Crippen LogP contribution in [-0.4, -0.2) is 14.1 Å². The third-order valence-electron chi connectivity index (χ3n) is 5.38. The first-order valence-corrected chi connectivity index (χ1v) is 9.43. The number of hydrogen-bond donors (Lipinski definition) is 2. The molecule has 0 bridgehead atoms. The number of benzene rings is 4. The van der Waals surface area contributed by atoms with E-state index in [2.05, 4.69) is 59.0 Å². The molecule has 0 amide bonds. The first-order valence-electron chi connectivity index (χ1n) is 9.43. The third-order valence-corrected chi connectivity index (χ3v) is 5.38. The maximum absolute atomic E-state index is 6.07. The molecule has 2 N–H and O–H groups in total. The molecule has 0 aromatic heterocycles. The predicted molar refractivity (Wildman–Crippen MR) is 116 cm³/mol. The summed E-state index contributed by atoms with van der Waals surface area (Å²) in [5.41, 5.74) is 4.37. The summed E-state index contributed by atoms with van der Waals surface area (Å²) in [5, 5.41) is 9.72. The van der Waals surface area contributed by atoms with Crippen LogP contribution in [0.15, 0.2) is 84.9 Å². The highest BCUT2D eigenvalue weighted by Gasteiger charge is 2.38. The van der Waals surface area contributed by atoms with Crippen LogP contribution >= 0.6 is 0 Å². The quantitative estimate of drug-likeness (QED) is 0.538. The second-order valence-electron chi connectivity index (χ2n) is 7.07. The van der Waals surface area contributed by atoms with E-state index in [1.807, 2.05) is 36.4 Å². The van der Waals surface area contributed by atoms with Gasteiger partial charge in [0.05, 0.1) is 0 Å². The molecule has 2 aliphatic rings. The Bertz CT molecular complexity index is 1150. The van der Waals surface area contributed by atoms with Crippen molar-refractivity contribution in [2.75, 3.05) is 10.5 Å². The van der Waals surface area contributed by atoms with Crippen molar-refractivity contribution in [3.05, 3.63) is 84.9 Å². The van der Waals surface area contributed by atoms with Crippen LogP contribution < -0.4 is 30.7 Å². The largest absolute Gasteiger partial charge is 0.632 e. The van der Waals surface area contributed by atoms with Gasteiger partial charge in [-0.3, -0.25) is 0 Å². The molecule has 0 saturated heterocycles. The van der Waals surface area contributed by atoms with Gasteiger partial charge in [0.1, 0.15) is 11.5 Å². The molecule has 4 aromatic carbocycles. The summed E-state index contributed by atoms with van der Waals surface area (Å²) in [7, 11) is -0.454. The number of rotatable bonds is 2. The Hall–Kier alpha value is -3.53. The molecule has 132 valence electrons. The van der Waals surface area contributed by atoms with E-state index < -0.39 is 7.12 Å². The van der Waals surface area contributed by atoms with Crippen molar-refractivity contribution in [1.29, 1.82) is 0 Å². The lowest BCUT2D eigenvalue weighted by atomic mass is 9.58. The average molecular weight is 362 g/mol. The zero-order valence-electron chi connectivity index (χ0n) is 15.1. The molecule has 0 fully saturated rings. The van der Waals surface area contributed by atoms with Crippen LogP contribution in [0.25, 0.3) is 10.8 Å². The molecule has 0 radical (unpaired) electrons. The molecule has 0 unspecified atom stereocenters. The molecule has 0 spiro atoms. The molecule has 0 aliphatic carbocycles. The van der Waals surface area contributed by atoms with E-state index >= 15 is 0 Å². The van der Waals surface area contributed by atoms with Gasteiger partial charge in [0.2, 0.25) is 0 Å². The Morgan fingerprint density at radius 1 is 0.571 bits per heavy atom. The van der Waals surface area contributed by atoms with Crippen LogP contribution in [-0.2, 0) is 0 Å². The van der Waals surface area contributed by atoms with Crippen LogP contribution in [0.5, 0.6) is 11.5 Å². The molecule has 6 rings (SSSR count). The molecular formula is C22H16B2N2O2. The lowest BCUT2D eigenvalue weighted by molar-refractivity contribution is 0.519. The first-order chi connectivity index (χ1) is 13.9. The normalized spacial score (nSPS) is 14.0. The lowest BCUT2D eigenvalue weighted by Crippen LogP contribution is -2.59. The van der Waals surface area contributed by atoms with Gasteiger partial charge in [-0.2, -0.15) is 0 Å². The van der Waals surface area contributed by atoms with Gasteiger partial charge in [0.25, 0.3) is 0 Å². The van der Waals surface area contributed by atoms with Crippen molar-refractivity contribution >= 4 is 47.2 Å². The Balaban J connectivity index is 1.39. The number of fused-ring (bicyclic) bond motifs is 1. The van der Waals surface area contributed by atoms with Gasteiger partial charge in [-0.05, 0) is 35.1 Å². The summed E-state index contributed by atoms with van der Waals surface area (Å²) in [4.78, 5) is 0. The fraction of sp³-hybridized carbons (Fsp3) is 0. The summed E-state index contributed by atoms with van der Waals surface area (Å²) in [6.07, 6.45) is 0. The van der Waals surface area contributed by atoms with Crippen LogP contribution in [0.2, 0.25) is 0 Å². The van der Waals surface area contributed by atoms with E-state index in [1.54, 1.807) is 0 Å². The molecule has 2 aliphatic heterocycles. The van der Waals surface area contributed by atoms with Crippen LogP contribution in [0, 0.1) is 0 Å². The van der Waals surface area contributed by atoms with Crippen molar-refractivity contribution in [3.8, 4) is 11.5 Å². The summed E-state index contributed by atoms with van der Waals surface area (Å²) < 4.78 is 12.1. The van der Waals surface area contributed by atoms with Crippen LogP contribution in [0.3, 0.4) is 0 Å². The van der Waals surface area contributed by atoms with Crippen LogP contribution in [0.4, 0.5) is 11.4 Å². The maximum Gasteiger partial charge on any atom is 0.632 e. The molecule has 4 aromatic rings. The summed E-state index contributed by atoms with van der Waals surface area (Å²) in [6, 6.07) is 28.7. The standard InChI is InChI=1S/C22H16B2N2O2/c1-2-10-17(24-27-20-13-3-4-14-21(20)28-24)16(9-1)23-25-18-11-5-7-15-8-6-12-19(26-23)22(15)18/h1-14,25-26H. The second kappa shape index (κ2) is 5.99. The Kier molecular flexibility index (Phi) is 3.32. The van der Waals surface area contributed by atoms with E-state index in [9.17, 15) is 0 Å². The van der Waals surface area contributed by atoms with Gasteiger partial charge in [0.15, 0.2) is 0 Å². The van der Waals surface area contributed by atoms with Crippen molar-refractivity contribution < 1.29 is 9.31 Å². The van der Waals surface area contributed by atoms with Crippen molar-refractivity contribution in [2.24, 2.45) is 0 Å². The predicted octanol–water partition coefficient (Wildman–Crippen LogP) is 3.24. The summed E-state index contributed by atoms with van der Waals surface area (Å²) in [6.45, 7) is -0.0763. The lowest BCUT2D eigenvalue weighted by Gasteiger charge is -2.28. The fourth-order valence-electron chi connectivity index (χ4n) is 4.10. The topological polar surface area (TPSA) is 42.5 Å². The molecule has 2 heterocycles. The number of anilines is 2. The molecule has 4 nitrogen and oxygen atoms in total. The third kappa shape index (κ3) is 2.34. The minimum absolute atomic E-state index is 0.0763. The summed E-state index contributed by atoms with van der Waals surface area (Å²) >= 11 is 0. The van der Waals surface area contributed by atoms with E-state index in [0.29, 0.717) is 0 Å². The van der Waals surface area contributed by atoms with E-state index in [0.717, 1.165) is 33.8 Å². The van der Waals surface area contributed by atoms with Gasteiger partial charge in [0, 0.05) is 22.2 Å². The van der Waals surface area contributed by atoms with Gasteiger partial charge in [-0.15, -0.1) is 0 Å². The number of para-hydroxylation sites is 2. The average Bonchev–Trinajstić information content (AvgIpc) is 3.18. The fourth-order valence-corrected chi connectivity index (χ4v) is 4.10. The number of hydrogen-bond acceptors (Lipinski definition) is 4. The van der Waals surface area contributed by atoms with Crippen molar-refractivity contribution in [1.82, 2.24) is 0 Å². The highest BCUT2D eigenvalue weighted by atomic mass is 16.6. The van der Waals surface area contributed by atoms with Crippen LogP contribution in [0.1, 0.15) is 0 Å². The molecular weight excluding hydrogens is 346 g/mol. The van der Waals surface area contributed by atoms with E-state index in [4.69, 9.17) is 9.31 Å². The molecule has 0 saturated carbocycles. The SMILES string of the molecule is c1ccc2c(c1)OB(c1ccccc1B1Nc3cccc4cccc(c34)N1)O2. The monoisotopic (exact) mass is 362 g/mol. The minimum atomic E-state index is -0.454. The molecule has 0 atom stereocenters. The van der Waals surface area contributed by atoms with Crippen molar-refractivity contribution in [2.45, 2.75) is 0 Å². The van der Waals surface area contributed by atoms with E-state index in [-0.39, 0.29) is 6.98 Å². The van der Waals surface area contributed by atoms with Gasteiger partial charge in [-0.25, -0.2) is 0 Å². The highest BCUT2D eigenvalue weighted by molar-refractivity contribution is 6.85. The van der Waals surface area contributed by atoms with Gasteiger partial charge < -0.3 is 19.8 Å².